The van der Waals surface area contributed by atoms with E-state index < -0.39 is 0 Å². The van der Waals surface area contributed by atoms with Crippen molar-refractivity contribution in [3.8, 4) is 10.7 Å². The number of nitrogens with zero attached hydrogens (tertiary/aromatic N) is 3. The molecule has 0 atom stereocenters. The highest BCUT2D eigenvalue weighted by Gasteiger charge is 2.09. The Bertz CT molecular complexity index is 380. The van der Waals surface area contributed by atoms with Gasteiger partial charge in [-0.25, -0.2) is 5.10 Å². The number of hydrogen-bond acceptors (Lipinski definition) is 4. The maximum atomic E-state index is 12.7. The quantitative estimate of drug-likeness (QED) is 0.728. The van der Waals surface area contributed by atoms with Gasteiger partial charge in [-0.05, 0) is 29.0 Å². The van der Waals surface area contributed by atoms with Crippen LogP contribution in [0.25, 0.3) is 10.7 Å². The third kappa shape index (κ3) is 1.10. The van der Waals surface area contributed by atoms with Gasteiger partial charge in [-0.2, -0.15) is 4.39 Å². The third-order valence-electron chi connectivity index (χ3n) is 1.45. The zero-order valence-corrected chi connectivity index (χ0v) is 7.02. The van der Waals surface area contributed by atoms with E-state index in [1.54, 1.807) is 0 Å². The summed E-state index contributed by atoms with van der Waals surface area (Å²) in [6.45, 7) is 1.82. The SMILES string of the molecule is Cc1cc(F)sc1-c1nnn[nH]1. The Balaban J connectivity index is 2.54. The van der Waals surface area contributed by atoms with E-state index in [-0.39, 0.29) is 5.13 Å². The summed E-state index contributed by atoms with van der Waals surface area (Å²) in [4.78, 5) is 0.748. The van der Waals surface area contributed by atoms with Crippen LogP contribution >= 0.6 is 11.3 Å². The number of aromatic nitrogens is 4. The number of halogens is 1. The first-order chi connectivity index (χ1) is 5.77. The van der Waals surface area contributed by atoms with Crippen molar-refractivity contribution in [2.45, 2.75) is 6.92 Å². The highest BCUT2D eigenvalue weighted by atomic mass is 32.1. The van der Waals surface area contributed by atoms with E-state index in [0.717, 1.165) is 21.8 Å². The van der Waals surface area contributed by atoms with Gasteiger partial charge in [0.05, 0.1) is 4.88 Å². The van der Waals surface area contributed by atoms with Gasteiger partial charge in [0.2, 0.25) is 0 Å². The van der Waals surface area contributed by atoms with E-state index >= 15 is 0 Å². The molecule has 12 heavy (non-hydrogen) atoms. The molecule has 0 fully saturated rings. The van der Waals surface area contributed by atoms with E-state index in [9.17, 15) is 4.39 Å². The second kappa shape index (κ2) is 2.63. The Labute approximate surface area is 71.4 Å². The molecule has 0 aliphatic heterocycles. The molecule has 0 unspecified atom stereocenters. The van der Waals surface area contributed by atoms with E-state index in [1.165, 1.54) is 6.07 Å². The van der Waals surface area contributed by atoms with Crippen molar-refractivity contribution in [3.63, 3.8) is 0 Å². The van der Waals surface area contributed by atoms with Gasteiger partial charge in [0, 0.05) is 0 Å². The molecule has 0 aliphatic rings. The predicted octanol–water partition coefficient (Wildman–Crippen LogP) is 1.38. The van der Waals surface area contributed by atoms with Crippen LogP contribution in [0.1, 0.15) is 5.56 Å². The van der Waals surface area contributed by atoms with Crippen molar-refractivity contribution >= 4 is 11.3 Å². The molecule has 0 spiro atoms. The Hall–Kier alpha value is -1.30. The molecule has 4 nitrogen and oxygen atoms in total. The van der Waals surface area contributed by atoms with Crippen LogP contribution in [-0.4, -0.2) is 20.6 Å². The van der Waals surface area contributed by atoms with Gasteiger partial charge in [-0.1, -0.05) is 0 Å². The van der Waals surface area contributed by atoms with Crippen LogP contribution in [0.3, 0.4) is 0 Å². The smallest absolute Gasteiger partial charge is 0.189 e. The molecule has 2 aromatic heterocycles. The number of tetrazole rings is 1. The number of thiophene rings is 1. The van der Waals surface area contributed by atoms with E-state index in [4.69, 9.17) is 0 Å². The minimum Gasteiger partial charge on any atom is -0.238 e. The molecule has 0 bridgehead atoms. The lowest BCUT2D eigenvalue weighted by molar-refractivity contribution is 0.656. The number of rotatable bonds is 1. The van der Waals surface area contributed by atoms with Crippen LogP contribution in [0.4, 0.5) is 4.39 Å². The van der Waals surface area contributed by atoms with Crippen LogP contribution in [0, 0.1) is 12.1 Å². The molecule has 0 saturated heterocycles. The largest absolute Gasteiger partial charge is 0.238 e. The number of H-pyrrole nitrogens is 1. The van der Waals surface area contributed by atoms with E-state index in [2.05, 4.69) is 20.6 Å². The van der Waals surface area contributed by atoms with Gasteiger partial charge >= 0.3 is 0 Å². The molecule has 1 N–H and O–H groups in total. The Morgan fingerprint density at radius 3 is 2.92 bits per heavy atom. The van der Waals surface area contributed by atoms with E-state index in [0.29, 0.717) is 5.82 Å². The van der Waals surface area contributed by atoms with Gasteiger partial charge in [0.1, 0.15) is 0 Å². The maximum absolute atomic E-state index is 12.7. The Morgan fingerprint density at radius 1 is 1.58 bits per heavy atom. The van der Waals surface area contributed by atoms with Crippen LogP contribution < -0.4 is 0 Å². The second-order valence-corrected chi connectivity index (χ2v) is 3.31. The summed E-state index contributed by atoms with van der Waals surface area (Å²) in [5.41, 5.74) is 0.844. The van der Waals surface area contributed by atoms with Gasteiger partial charge in [-0.15, -0.1) is 16.4 Å². The summed E-state index contributed by atoms with van der Waals surface area (Å²) in [5.74, 6) is 0.515. The first-order valence-corrected chi connectivity index (χ1v) is 4.09. The normalized spacial score (nSPS) is 10.5. The molecule has 2 aromatic rings. The van der Waals surface area contributed by atoms with Crippen molar-refractivity contribution in [2.75, 3.05) is 0 Å². The average Bonchev–Trinajstić information content (AvgIpc) is 2.58. The molecule has 0 radical (unpaired) electrons. The van der Waals surface area contributed by atoms with Crippen LogP contribution in [0.5, 0.6) is 0 Å². The zero-order valence-electron chi connectivity index (χ0n) is 6.21. The molecule has 0 aliphatic carbocycles. The minimum absolute atomic E-state index is 0.223. The molecule has 2 heterocycles. The summed E-state index contributed by atoms with van der Waals surface area (Å²) in [6.07, 6.45) is 0. The summed E-state index contributed by atoms with van der Waals surface area (Å²) >= 11 is 1.03. The molecule has 2 rings (SSSR count). The standard InChI is InChI=1S/C6H5FN4S/c1-3-2-4(7)12-5(3)6-8-10-11-9-6/h2H,1H3,(H,8,9,10,11). The average molecular weight is 184 g/mol. The number of aromatic amines is 1. The lowest BCUT2D eigenvalue weighted by atomic mass is 10.3. The number of aryl methyl sites for hydroxylation is 1. The first kappa shape index (κ1) is 7.35. The van der Waals surface area contributed by atoms with Crippen molar-refractivity contribution in [1.29, 1.82) is 0 Å². The maximum Gasteiger partial charge on any atom is 0.189 e. The van der Waals surface area contributed by atoms with Crippen LogP contribution in [0.15, 0.2) is 6.07 Å². The van der Waals surface area contributed by atoms with Crippen molar-refractivity contribution in [1.82, 2.24) is 20.6 Å². The highest BCUT2D eigenvalue weighted by molar-refractivity contribution is 7.14. The number of nitrogens with one attached hydrogen (secondary N) is 1. The number of hydrogen-bond donors (Lipinski definition) is 1. The van der Waals surface area contributed by atoms with Crippen molar-refractivity contribution in [2.24, 2.45) is 0 Å². The monoisotopic (exact) mass is 184 g/mol. The van der Waals surface area contributed by atoms with Crippen molar-refractivity contribution in [3.05, 3.63) is 16.8 Å². The van der Waals surface area contributed by atoms with Crippen molar-refractivity contribution < 1.29 is 4.39 Å². The molecular formula is C6H5FN4S. The minimum atomic E-state index is -0.223. The summed E-state index contributed by atoms with van der Waals surface area (Å²) in [6, 6.07) is 1.46. The Kier molecular flexibility index (Phi) is 1.61. The fourth-order valence-electron chi connectivity index (χ4n) is 0.934. The van der Waals surface area contributed by atoms with Gasteiger partial charge in [-0.3, -0.25) is 0 Å². The Morgan fingerprint density at radius 2 is 2.42 bits per heavy atom. The van der Waals surface area contributed by atoms with Gasteiger partial charge in [0.15, 0.2) is 11.0 Å². The lowest BCUT2D eigenvalue weighted by Gasteiger charge is -1.88. The molecule has 6 heteroatoms. The molecule has 62 valence electrons. The lowest BCUT2D eigenvalue weighted by Crippen LogP contribution is -1.77. The fourth-order valence-corrected chi connectivity index (χ4v) is 1.77. The highest BCUT2D eigenvalue weighted by Crippen LogP contribution is 2.27. The summed E-state index contributed by atoms with van der Waals surface area (Å²) in [5, 5.41) is 12.9. The topological polar surface area (TPSA) is 54.5 Å². The molecular weight excluding hydrogens is 179 g/mol. The fraction of sp³-hybridized carbons (Fsp3) is 0.167. The summed E-state index contributed by atoms with van der Waals surface area (Å²) < 4.78 is 12.7. The summed E-state index contributed by atoms with van der Waals surface area (Å²) in [7, 11) is 0. The van der Waals surface area contributed by atoms with Crippen LogP contribution in [0.2, 0.25) is 0 Å². The molecule has 0 amide bonds. The third-order valence-corrected chi connectivity index (χ3v) is 2.48. The van der Waals surface area contributed by atoms with E-state index in [1.807, 2.05) is 6.92 Å². The molecule has 0 saturated carbocycles. The molecule has 0 aromatic carbocycles. The second-order valence-electron chi connectivity index (χ2n) is 2.31. The zero-order chi connectivity index (χ0) is 8.55. The predicted molar refractivity (Wildman–Crippen MR) is 42.2 cm³/mol. The van der Waals surface area contributed by atoms with Crippen LogP contribution in [-0.2, 0) is 0 Å². The van der Waals surface area contributed by atoms with Gasteiger partial charge in [0.25, 0.3) is 0 Å². The first-order valence-electron chi connectivity index (χ1n) is 3.27. The van der Waals surface area contributed by atoms with Gasteiger partial charge < -0.3 is 0 Å².